The number of ketones is 1. The smallest absolute Gasteiger partial charge is 0.354 e. The van der Waals surface area contributed by atoms with E-state index in [4.69, 9.17) is 0 Å². The summed E-state index contributed by atoms with van der Waals surface area (Å²) in [6.07, 6.45) is -2.40. The standard InChI is InChI=1S/C19H19F3N2O2/c1-11-16-14(4-3-5-15(16)25)23-17(11)18(26)24(2)10-12-6-8-13(9-7-12)19(20,21)22/h6-9,23H,3-5,10H2,1-2H3. The van der Waals surface area contributed by atoms with Crippen LogP contribution in [0.15, 0.2) is 24.3 Å². The Morgan fingerprint density at radius 1 is 1.19 bits per heavy atom. The molecule has 1 heterocycles. The SMILES string of the molecule is Cc1c(C(=O)N(C)Cc2ccc(C(F)(F)F)cc2)[nH]c2c1C(=O)CCC2. The number of carbonyl (C=O) groups is 2. The fourth-order valence-electron chi connectivity index (χ4n) is 3.32. The first kappa shape index (κ1) is 18.2. The first-order valence-electron chi connectivity index (χ1n) is 8.34. The lowest BCUT2D eigenvalue weighted by atomic mass is 9.94. The summed E-state index contributed by atoms with van der Waals surface area (Å²) in [6.45, 7) is 1.92. The largest absolute Gasteiger partial charge is 0.416 e. The Labute approximate surface area is 149 Å². The average Bonchev–Trinajstić information content (AvgIpc) is 2.92. The van der Waals surface area contributed by atoms with Crippen molar-refractivity contribution >= 4 is 11.7 Å². The van der Waals surface area contributed by atoms with Crippen LogP contribution in [0.25, 0.3) is 0 Å². The lowest BCUT2D eigenvalue weighted by Crippen LogP contribution is -2.27. The summed E-state index contributed by atoms with van der Waals surface area (Å²) in [4.78, 5) is 29.3. The third-order valence-electron chi connectivity index (χ3n) is 4.70. The summed E-state index contributed by atoms with van der Waals surface area (Å²) in [6, 6.07) is 4.74. The molecule has 1 aromatic carbocycles. The van der Waals surface area contributed by atoms with E-state index in [0.717, 1.165) is 30.7 Å². The fourth-order valence-corrected chi connectivity index (χ4v) is 3.32. The van der Waals surface area contributed by atoms with Gasteiger partial charge in [-0.1, -0.05) is 12.1 Å². The van der Waals surface area contributed by atoms with Gasteiger partial charge in [-0.3, -0.25) is 9.59 Å². The molecular weight excluding hydrogens is 345 g/mol. The second-order valence-electron chi connectivity index (χ2n) is 6.61. The molecule has 1 amide bonds. The number of nitrogens with one attached hydrogen (secondary N) is 1. The van der Waals surface area contributed by atoms with Gasteiger partial charge in [-0.05, 0) is 43.0 Å². The Hall–Kier alpha value is -2.57. The summed E-state index contributed by atoms with van der Waals surface area (Å²) in [5.74, 6) is -0.242. The highest BCUT2D eigenvalue weighted by Gasteiger charge is 2.30. The molecule has 26 heavy (non-hydrogen) atoms. The van der Waals surface area contributed by atoms with E-state index in [2.05, 4.69) is 4.98 Å². The molecule has 0 fully saturated rings. The van der Waals surface area contributed by atoms with Gasteiger partial charge in [0.25, 0.3) is 5.91 Å². The highest BCUT2D eigenvalue weighted by Crippen LogP contribution is 2.30. The maximum absolute atomic E-state index is 12.7. The maximum atomic E-state index is 12.7. The van der Waals surface area contributed by atoms with E-state index in [1.807, 2.05) is 0 Å². The number of aryl methyl sites for hydroxylation is 1. The summed E-state index contributed by atoms with van der Waals surface area (Å²) in [5, 5.41) is 0. The summed E-state index contributed by atoms with van der Waals surface area (Å²) in [5.41, 5.74) is 2.31. The van der Waals surface area contributed by atoms with Crippen molar-refractivity contribution < 1.29 is 22.8 Å². The molecule has 1 N–H and O–H groups in total. The molecule has 0 radical (unpaired) electrons. The zero-order chi connectivity index (χ0) is 19.1. The van der Waals surface area contributed by atoms with Gasteiger partial charge in [-0.2, -0.15) is 13.2 Å². The molecular formula is C19H19F3N2O2. The number of rotatable bonds is 3. The molecule has 4 nitrogen and oxygen atoms in total. The maximum Gasteiger partial charge on any atom is 0.416 e. The van der Waals surface area contributed by atoms with Crippen LogP contribution < -0.4 is 0 Å². The number of carbonyl (C=O) groups excluding carboxylic acids is 2. The van der Waals surface area contributed by atoms with Crippen LogP contribution >= 0.6 is 0 Å². The van der Waals surface area contributed by atoms with E-state index in [9.17, 15) is 22.8 Å². The van der Waals surface area contributed by atoms with Gasteiger partial charge in [0.1, 0.15) is 5.69 Å². The second-order valence-corrected chi connectivity index (χ2v) is 6.61. The summed E-state index contributed by atoms with van der Waals surface area (Å²) in [7, 11) is 1.58. The predicted molar refractivity (Wildman–Crippen MR) is 90.0 cm³/mol. The van der Waals surface area contributed by atoms with Gasteiger partial charge in [0, 0.05) is 31.3 Å². The van der Waals surface area contributed by atoms with Gasteiger partial charge in [0.05, 0.1) is 5.56 Å². The average molecular weight is 364 g/mol. The Morgan fingerprint density at radius 2 is 1.85 bits per heavy atom. The normalized spacial score (nSPS) is 14.3. The van der Waals surface area contributed by atoms with E-state index < -0.39 is 11.7 Å². The van der Waals surface area contributed by atoms with Crippen molar-refractivity contribution in [2.45, 2.75) is 38.9 Å². The van der Waals surface area contributed by atoms with Crippen LogP contribution in [0.4, 0.5) is 13.2 Å². The van der Waals surface area contributed by atoms with Gasteiger partial charge >= 0.3 is 6.18 Å². The Kier molecular flexibility index (Phi) is 4.64. The molecule has 1 aromatic heterocycles. The van der Waals surface area contributed by atoms with Crippen LogP contribution in [-0.4, -0.2) is 28.6 Å². The topological polar surface area (TPSA) is 53.2 Å². The number of nitrogens with zero attached hydrogens (tertiary/aromatic N) is 1. The molecule has 0 saturated carbocycles. The second kappa shape index (κ2) is 6.63. The van der Waals surface area contributed by atoms with Gasteiger partial charge in [0.2, 0.25) is 0 Å². The van der Waals surface area contributed by atoms with Crippen LogP contribution in [0, 0.1) is 6.92 Å². The minimum absolute atomic E-state index is 0.0458. The number of hydrogen-bond acceptors (Lipinski definition) is 2. The first-order chi connectivity index (χ1) is 12.2. The number of aromatic nitrogens is 1. The van der Waals surface area contributed by atoms with Gasteiger partial charge in [-0.25, -0.2) is 0 Å². The van der Waals surface area contributed by atoms with Crippen molar-refractivity contribution in [3.05, 3.63) is 57.9 Å². The molecule has 0 saturated heterocycles. The van der Waals surface area contributed by atoms with Crippen LogP contribution in [0.2, 0.25) is 0 Å². The third kappa shape index (κ3) is 3.38. The summed E-state index contributed by atoms with van der Waals surface area (Å²) >= 11 is 0. The molecule has 0 aliphatic heterocycles. The molecule has 0 bridgehead atoms. The number of aromatic amines is 1. The van der Waals surface area contributed by atoms with Crippen molar-refractivity contribution in [1.82, 2.24) is 9.88 Å². The quantitative estimate of drug-likeness (QED) is 0.890. The molecule has 2 aromatic rings. The van der Waals surface area contributed by atoms with Gasteiger partial charge in [-0.15, -0.1) is 0 Å². The highest BCUT2D eigenvalue weighted by molar-refractivity contribution is 6.04. The van der Waals surface area contributed by atoms with Crippen LogP contribution in [0.5, 0.6) is 0 Å². The number of H-pyrrole nitrogens is 1. The zero-order valence-electron chi connectivity index (χ0n) is 14.5. The number of hydrogen-bond donors (Lipinski definition) is 1. The minimum Gasteiger partial charge on any atom is -0.354 e. The lowest BCUT2D eigenvalue weighted by molar-refractivity contribution is -0.137. The number of amides is 1. The first-order valence-corrected chi connectivity index (χ1v) is 8.34. The highest BCUT2D eigenvalue weighted by atomic mass is 19.4. The molecule has 3 rings (SSSR count). The Morgan fingerprint density at radius 3 is 2.42 bits per heavy atom. The summed E-state index contributed by atoms with van der Waals surface area (Å²) < 4.78 is 37.9. The van der Waals surface area contributed by atoms with Crippen molar-refractivity contribution in [3.8, 4) is 0 Å². The predicted octanol–water partition coefficient (Wildman–Crippen LogP) is 4.13. The zero-order valence-corrected chi connectivity index (χ0v) is 14.5. The molecule has 1 aliphatic carbocycles. The number of alkyl halides is 3. The molecule has 0 atom stereocenters. The van der Waals surface area contributed by atoms with Crippen molar-refractivity contribution in [2.24, 2.45) is 0 Å². The van der Waals surface area contributed by atoms with E-state index in [-0.39, 0.29) is 18.2 Å². The number of fused-ring (bicyclic) bond motifs is 1. The number of benzene rings is 1. The van der Waals surface area contributed by atoms with Gasteiger partial charge in [0.15, 0.2) is 5.78 Å². The van der Waals surface area contributed by atoms with E-state index in [1.54, 1.807) is 14.0 Å². The van der Waals surface area contributed by atoms with Crippen LogP contribution in [0.1, 0.15) is 56.1 Å². The minimum atomic E-state index is -4.38. The van der Waals surface area contributed by atoms with E-state index in [1.165, 1.54) is 17.0 Å². The Balaban J connectivity index is 1.77. The molecule has 7 heteroatoms. The van der Waals surface area contributed by atoms with Crippen molar-refractivity contribution in [2.75, 3.05) is 7.05 Å². The van der Waals surface area contributed by atoms with E-state index >= 15 is 0 Å². The fraction of sp³-hybridized carbons (Fsp3) is 0.368. The molecule has 1 aliphatic rings. The van der Waals surface area contributed by atoms with Crippen molar-refractivity contribution in [3.63, 3.8) is 0 Å². The van der Waals surface area contributed by atoms with Crippen LogP contribution in [-0.2, 0) is 19.1 Å². The monoisotopic (exact) mass is 364 g/mol. The Bertz CT molecular complexity index is 851. The number of Topliss-reactive ketones (excluding diaryl/α,β-unsaturated/α-hetero) is 1. The number of halogens is 3. The molecule has 0 spiro atoms. The van der Waals surface area contributed by atoms with Crippen molar-refractivity contribution in [1.29, 1.82) is 0 Å². The van der Waals surface area contributed by atoms with E-state index in [0.29, 0.717) is 28.8 Å². The molecule has 138 valence electrons. The lowest BCUT2D eigenvalue weighted by Gasteiger charge is -2.17. The van der Waals surface area contributed by atoms with Gasteiger partial charge < -0.3 is 9.88 Å². The third-order valence-corrected chi connectivity index (χ3v) is 4.70. The molecule has 0 unspecified atom stereocenters. The van der Waals surface area contributed by atoms with Crippen LogP contribution in [0.3, 0.4) is 0 Å².